The fourth-order valence-electron chi connectivity index (χ4n) is 2.53. The summed E-state index contributed by atoms with van der Waals surface area (Å²) in [7, 11) is 1.18. The van der Waals surface area contributed by atoms with Gasteiger partial charge in [0.1, 0.15) is 17.7 Å². The van der Waals surface area contributed by atoms with Crippen molar-refractivity contribution in [3.05, 3.63) is 77.5 Å². The summed E-state index contributed by atoms with van der Waals surface area (Å²) in [5.41, 5.74) is 2.95. The van der Waals surface area contributed by atoms with Crippen LogP contribution in [0.1, 0.15) is 10.4 Å². The van der Waals surface area contributed by atoms with Crippen LogP contribution in [0.4, 0.5) is 14.5 Å². The summed E-state index contributed by atoms with van der Waals surface area (Å²) in [6.07, 6.45) is 1.23. The molecule has 0 saturated heterocycles. The van der Waals surface area contributed by atoms with Gasteiger partial charge in [0.15, 0.2) is 5.78 Å². The number of rotatable bonds is 4. The SMILES string of the molecule is COC(=O)C1=CN(c2cc(F)ccc2F)NC1C(=O)c1ccccc1. The standard InChI is InChI=1S/C18H14F2N2O3/c1-25-18(24)13-10-22(15-9-12(19)7-8-14(15)20)21-16(13)17(23)11-5-3-2-4-6-11/h2-10,16,21H,1H3. The third-order valence-electron chi connectivity index (χ3n) is 3.76. The van der Waals surface area contributed by atoms with E-state index in [2.05, 4.69) is 5.43 Å². The first-order chi connectivity index (χ1) is 12.0. The normalized spacial score (nSPS) is 16.5. The van der Waals surface area contributed by atoms with Crippen LogP contribution in [0.5, 0.6) is 0 Å². The Labute approximate surface area is 142 Å². The number of Topliss-reactive ketones (excluding diaryl/α,β-unsaturated/α-hetero) is 1. The van der Waals surface area contributed by atoms with Gasteiger partial charge in [0, 0.05) is 17.8 Å². The monoisotopic (exact) mass is 344 g/mol. The summed E-state index contributed by atoms with van der Waals surface area (Å²) < 4.78 is 32.1. The Morgan fingerprint density at radius 3 is 2.52 bits per heavy atom. The van der Waals surface area contributed by atoms with Crippen molar-refractivity contribution in [2.45, 2.75) is 6.04 Å². The number of hydrogen-bond acceptors (Lipinski definition) is 5. The second-order valence-electron chi connectivity index (χ2n) is 5.33. The molecule has 1 aliphatic heterocycles. The van der Waals surface area contributed by atoms with E-state index in [0.29, 0.717) is 5.56 Å². The summed E-state index contributed by atoms with van der Waals surface area (Å²) in [5, 5.41) is 1.11. The van der Waals surface area contributed by atoms with Gasteiger partial charge in [-0.25, -0.2) is 19.0 Å². The highest BCUT2D eigenvalue weighted by Crippen LogP contribution is 2.26. The van der Waals surface area contributed by atoms with E-state index in [4.69, 9.17) is 4.74 Å². The van der Waals surface area contributed by atoms with Gasteiger partial charge in [0.2, 0.25) is 0 Å². The third kappa shape index (κ3) is 3.27. The van der Waals surface area contributed by atoms with Crippen LogP contribution in [0.3, 0.4) is 0 Å². The number of methoxy groups -OCH3 is 1. The quantitative estimate of drug-likeness (QED) is 0.682. The molecule has 0 fully saturated rings. The fourth-order valence-corrected chi connectivity index (χ4v) is 2.53. The van der Waals surface area contributed by atoms with Crippen molar-refractivity contribution >= 4 is 17.4 Å². The molecule has 0 bridgehead atoms. The number of nitrogens with zero attached hydrogens (tertiary/aromatic N) is 1. The number of benzene rings is 2. The lowest BCUT2D eigenvalue weighted by Gasteiger charge is -2.20. The van der Waals surface area contributed by atoms with Crippen molar-refractivity contribution < 1.29 is 23.1 Å². The lowest BCUT2D eigenvalue weighted by Crippen LogP contribution is -2.42. The average molecular weight is 344 g/mol. The van der Waals surface area contributed by atoms with E-state index in [9.17, 15) is 18.4 Å². The van der Waals surface area contributed by atoms with E-state index >= 15 is 0 Å². The van der Waals surface area contributed by atoms with Crippen LogP contribution in [0.25, 0.3) is 0 Å². The van der Waals surface area contributed by atoms with Gasteiger partial charge in [-0.2, -0.15) is 0 Å². The molecule has 5 nitrogen and oxygen atoms in total. The Morgan fingerprint density at radius 1 is 1.12 bits per heavy atom. The zero-order valence-electron chi connectivity index (χ0n) is 13.2. The van der Waals surface area contributed by atoms with E-state index < -0.39 is 29.4 Å². The van der Waals surface area contributed by atoms with Crippen LogP contribution in [0.15, 0.2) is 60.3 Å². The number of ketones is 1. The summed E-state index contributed by atoms with van der Waals surface area (Å²) in [5.74, 6) is -2.48. The predicted octanol–water partition coefficient (Wildman–Crippen LogP) is 2.60. The molecule has 1 N–H and O–H groups in total. The summed E-state index contributed by atoms with van der Waals surface area (Å²) in [6, 6.07) is 10.2. The number of nitrogens with one attached hydrogen (secondary N) is 1. The molecule has 2 aromatic rings. The molecule has 1 heterocycles. The lowest BCUT2D eigenvalue weighted by atomic mass is 9.99. The van der Waals surface area contributed by atoms with E-state index in [1.165, 1.54) is 13.3 Å². The van der Waals surface area contributed by atoms with Crippen LogP contribution in [0.2, 0.25) is 0 Å². The van der Waals surface area contributed by atoms with E-state index in [-0.39, 0.29) is 11.3 Å². The van der Waals surface area contributed by atoms with E-state index in [1.54, 1.807) is 30.3 Å². The first-order valence-electron chi connectivity index (χ1n) is 7.41. The zero-order chi connectivity index (χ0) is 18.0. The number of esters is 1. The molecular formula is C18H14F2N2O3. The Morgan fingerprint density at radius 2 is 1.84 bits per heavy atom. The molecule has 1 unspecified atom stereocenters. The first-order valence-corrected chi connectivity index (χ1v) is 7.41. The maximum Gasteiger partial charge on any atom is 0.337 e. The molecule has 128 valence electrons. The summed E-state index contributed by atoms with van der Waals surface area (Å²) in [6.45, 7) is 0. The molecule has 25 heavy (non-hydrogen) atoms. The Hall–Kier alpha value is -3.06. The zero-order valence-corrected chi connectivity index (χ0v) is 13.2. The van der Waals surface area contributed by atoms with Crippen molar-refractivity contribution in [1.29, 1.82) is 0 Å². The minimum atomic E-state index is -1.07. The molecule has 2 aromatic carbocycles. The molecule has 0 radical (unpaired) electrons. The minimum absolute atomic E-state index is 0.0000132. The molecular weight excluding hydrogens is 330 g/mol. The van der Waals surface area contributed by atoms with Gasteiger partial charge >= 0.3 is 5.97 Å². The van der Waals surface area contributed by atoms with Crippen LogP contribution < -0.4 is 10.4 Å². The van der Waals surface area contributed by atoms with Crippen LogP contribution in [0, 0.1) is 11.6 Å². The number of anilines is 1. The Bertz CT molecular complexity index is 853. The van der Waals surface area contributed by atoms with Crippen LogP contribution in [-0.2, 0) is 9.53 Å². The van der Waals surface area contributed by atoms with E-state index in [0.717, 1.165) is 23.2 Å². The van der Waals surface area contributed by atoms with Crippen molar-refractivity contribution in [2.24, 2.45) is 0 Å². The molecule has 0 saturated carbocycles. The molecule has 7 heteroatoms. The van der Waals surface area contributed by atoms with Gasteiger partial charge in [0.25, 0.3) is 0 Å². The van der Waals surface area contributed by atoms with Crippen molar-refractivity contribution in [1.82, 2.24) is 5.43 Å². The largest absolute Gasteiger partial charge is 0.466 e. The smallest absolute Gasteiger partial charge is 0.337 e. The number of halogens is 2. The molecule has 0 amide bonds. The Kier molecular flexibility index (Phi) is 4.58. The molecule has 0 spiro atoms. The highest BCUT2D eigenvalue weighted by Gasteiger charge is 2.36. The number of carbonyl (C=O) groups is 2. The summed E-state index contributed by atoms with van der Waals surface area (Å²) >= 11 is 0. The van der Waals surface area contributed by atoms with Crippen LogP contribution >= 0.6 is 0 Å². The minimum Gasteiger partial charge on any atom is -0.466 e. The van der Waals surface area contributed by atoms with Crippen molar-refractivity contribution in [2.75, 3.05) is 12.1 Å². The molecule has 3 rings (SSSR count). The molecule has 0 aromatic heterocycles. The highest BCUT2D eigenvalue weighted by atomic mass is 19.1. The maximum atomic E-state index is 14.0. The molecule has 1 aliphatic rings. The van der Waals surface area contributed by atoms with E-state index in [1.807, 2.05) is 0 Å². The van der Waals surface area contributed by atoms with Gasteiger partial charge in [-0.1, -0.05) is 30.3 Å². The molecule has 1 atom stereocenters. The van der Waals surface area contributed by atoms with Crippen LogP contribution in [-0.4, -0.2) is 24.9 Å². The highest BCUT2D eigenvalue weighted by molar-refractivity contribution is 6.09. The van der Waals surface area contributed by atoms with Gasteiger partial charge in [0.05, 0.1) is 18.4 Å². The number of hydrogen-bond donors (Lipinski definition) is 1. The number of carbonyl (C=O) groups excluding carboxylic acids is 2. The van der Waals surface area contributed by atoms with Gasteiger partial charge in [-0.05, 0) is 12.1 Å². The second-order valence-corrected chi connectivity index (χ2v) is 5.33. The fraction of sp³-hybridized carbons (Fsp3) is 0.111. The van der Waals surface area contributed by atoms with Crippen molar-refractivity contribution in [3.63, 3.8) is 0 Å². The van der Waals surface area contributed by atoms with Crippen molar-refractivity contribution in [3.8, 4) is 0 Å². The van der Waals surface area contributed by atoms with Gasteiger partial charge < -0.3 is 4.74 Å². The maximum absolute atomic E-state index is 14.0. The topological polar surface area (TPSA) is 58.6 Å². The average Bonchev–Trinajstić information content (AvgIpc) is 3.08. The first kappa shape index (κ1) is 16.8. The van der Waals surface area contributed by atoms with Gasteiger partial charge in [-0.3, -0.25) is 9.80 Å². The number of hydrazine groups is 1. The third-order valence-corrected chi connectivity index (χ3v) is 3.76. The predicted molar refractivity (Wildman–Crippen MR) is 86.6 cm³/mol. The molecule has 0 aliphatic carbocycles. The Balaban J connectivity index is 1.97. The second kappa shape index (κ2) is 6.82. The lowest BCUT2D eigenvalue weighted by molar-refractivity contribution is -0.136. The number of ether oxygens (including phenoxy) is 1. The van der Waals surface area contributed by atoms with Gasteiger partial charge in [-0.15, -0.1) is 0 Å². The summed E-state index contributed by atoms with van der Waals surface area (Å²) in [4.78, 5) is 24.7.